The molecule has 0 bridgehead atoms. The minimum Gasteiger partial charge on any atom is -0.377 e. The van der Waals surface area contributed by atoms with Crippen LogP contribution in [0.25, 0.3) is 11.1 Å². The summed E-state index contributed by atoms with van der Waals surface area (Å²) in [5.41, 5.74) is 2.11. The number of likely N-dealkylation sites (tertiary alicyclic amines) is 1. The number of nitrogens with one attached hydrogen (secondary N) is 1. The molecule has 2 aliphatic heterocycles. The number of carbonyl (C=O) groups excluding carboxylic acids is 2. The van der Waals surface area contributed by atoms with E-state index in [9.17, 15) is 14.9 Å². The maximum atomic E-state index is 12.8. The zero-order valence-electron chi connectivity index (χ0n) is 18.7. The van der Waals surface area contributed by atoms with Gasteiger partial charge in [0, 0.05) is 35.0 Å². The summed E-state index contributed by atoms with van der Waals surface area (Å²) >= 11 is 7.31. The molecule has 33 heavy (non-hydrogen) atoms. The van der Waals surface area contributed by atoms with E-state index in [1.807, 2.05) is 41.4 Å². The van der Waals surface area contributed by atoms with Crippen molar-refractivity contribution in [3.63, 3.8) is 0 Å². The van der Waals surface area contributed by atoms with E-state index in [1.165, 1.54) is 11.3 Å². The van der Waals surface area contributed by atoms with Crippen molar-refractivity contribution >= 4 is 39.8 Å². The van der Waals surface area contributed by atoms with Crippen LogP contribution in [-0.4, -0.2) is 68.1 Å². The van der Waals surface area contributed by atoms with E-state index >= 15 is 0 Å². The number of nitrogens with zero attached hydrogens (tertiary/aromatic N) is 3. The van der Waals surface area contributed by atoms with Crippen LogP contribution in [0.2, 0.25) is 5.02 Å². The second kappa shape index (κ2) is 10.2. The highest BCUT2D eigenvalue weighted by atomic mass is 35.5. The van der Waals surface area contributed by atoms with E-state index in [1.54, 1.807) is 12.1 Å². The van der Waals surface area contributed by atoms with Gasteiger partial charge >= 0.3 is 0 Å². The summed E-state index contributed by atoms with van der Waals surface area (Å²) in [5.74, 6) is 0.503. The van der Waals surface area contributed by atoms with Gasteiger partial charge in [0.25, 0.3) is 0 Å². The number of anilines is 1. The van der Waals surface area contributed by atoms with Gasteiger partial charge in [0.15, 0.2) is 0 Å². The number of ether oxygens (including phenoxy) is 1. The lowest BCUT2D eigenvalue weighted by atomic mass is 9.83. The van der Waals surface area contributed by atoms with Crippen molar-refractivity contribution in [2.45, 2.75) is 18.9 Å². The van der Waals surface area contributed by atoms with Crippen molar-refractivity contribution < 1.29 is 14.3 Å². The topological polar surface area (TPSA) is 85.7 Å². The molecule has 7 nitrogen and oxygen atoms in total. The summed E-state index contributed by atoms with van der Waals surface area (Å²) < 4.78 is 5.98. The van der Waals surface area contributed by atoms with Gasteiger partial charge < -0.3 is 19.9 Å². The molecular formula is C24H27ClN4O3S. The first kappa shape index (κ1) is 23.7. The summed E-state index contributed by atoms with van der Waals surface area (Å²) in [5, 5.41) is 15.7. The second-order valence-corrected chi connectivity index (χ2v) is 10.2. The monoisotopic (exact) mass is 486 g/mol. The van der Waals surface area contributed by atoms with E-state index in [0.29, 0.717) is 41.8 Å². The molecule has 1 aromatic heterocycles. The number of rotatable bonds is 6. The van der Waals surface area contributed by atoms with Crippen molar-refractivity contribution in [3.05, 3.63) is 40.2 Å². The Hall–Kier alpha value is -2.44. The molecule has 3 atom stereocenters. The zero-order chi connectivity index (χ0) is 23.5. The molecule has 1 N–H and O–H groups in total. The molecule has 2 aliphatic rings. The van der Waals surface area contributed by atoms with Crippen LogP contribution >= 0.6 is 22.9 Å². The smallest absolute Gasteiger partial charge is 0.236 e. The minimum atomic E-state index is -0.165. The van der Waals surface area contributed by atoms with Crippen molar-refractivity contribution in [3.8, 4) is 17.2 Å². The minimum absolute atomic E-state index is 0.137. The Morgan fingerprint density at radius 3 is 2.79 bits per heavy atom. The molecule has 2 fully saturated rings. The number of likely N-dealkylation sites (N-methyl/N-ethyl adjacent to an activating group) is 1. The quantitative estimate of drug-likeness (QED) is 0.673. The number of amides is 2. The molecule has 0 saturated carbocycles. The first-order chi connectivity index (χ1) is 15.9. The molecule has 4 rings (SSSR count). The number of benzene rings is 1. The number of nitriles is 1. The lowest BCUT2D eigenvalue weighted by Gasteiger charge is -2.36. The Balaban J connectivity index is 1.36. The average Bonchev–Trinajstić information content (AvgIpc) is 3.37. The zero-order valence-corrected chi connectivity index (χ0v) is 20.3. The van der Waals surface area contributed by atoms with Gasteiger partial charge in [0.2, 0.25) is 11.8 Å². The van der Waals surface area contributed by atoms with Crippen molar-refractivity contribution in [1.29, 1.82) is 5.26 Å². The van der Waals surface area contributed by atoms with Gasteiger partial charge in [0.1, 0.15) is 11.1 Å². The molecule has 2 aromatic rings. The molecule has 1 aromatic carbocycles. The molecule has 0 aliphatic carbocycles. The third-order valence-corrected chi connectivity index (χ3v) is 7.44. The highest BCUT2D eigenvalue weighted by Gasteiger charge is 2.42. The number of hydrogen-bond acceptors (Lipinski definition) is 6. The van der Waals surface area contributed by atoms with Crippen LogP contribution in [0, 0.1) is 23.2 Å². The third-order valence-electron chi connectivity index (χ3n) is 6.30. The van der Waals surface area contributed by atoms with Gasteiger partial charge in [-0.3, -0.25) is 9.59 Å². The first-order valence-electron chi connectivity index (χ1n) is 11.0. The predicted octanol–water partition coefficient (Wildman–Crippen LogP) is 3.69. The largest absolute Gasteiger partial charge is 0.377 e. The van der Waals surface area contributed by atoms with E-state index in [0.717, 1.165) is 17.5 Å². The summed E-state index contributed by atoms with van der Waals surface area (Å²) in [6.07, 6.45) is 0.916. The Morgan fingerprint density at radius 1 is 1.33 bits per heavy atom. The van der Waals surface area contributed by atoms with E-state index < -0.39 is 0 Å². The van der Waals surface area contributed by atoms with Crippen LogP contribution in [0.5, 0.6) is 0 Å². The molecule has 0 radical (unpaired) electrons. The number of piperidine rings is 1. The molecule has 0 spiro atoms. The summed E-state index contributed by atoms with van der Waals surface area (Å²) in [6, 6.07) is 9.50. The van der Waals surface area contributed by atoms with Crippen LogP contribution in [-0.2, 0) is 14.3 Å². The lowest BCUT2D eigenvalue weighted by molar-refractivity contribution is -0.134. The van der Waals surface area contributed by atoms with Crippen LogP contribution < -0.4 is 5.32 Å². The van der Waals surface area contributed by atoms with Crippen molar-refractivity contribution in [2.75, 3.05) is 45.7 Å². The molecule has 9 heteroatoms. The molecule has 2 amide bonds. The van der Waals surface area contributed by atoms with Crippen LogP contribution in [0.3, 0.4) is 0 Å². The first-order valence-corrected chi connectivity index (χ1v) is 12.2. The number of carbonyl (C=O) groups is 2. The summed E-state index contributed by atoms with van der Waals surface area (Å²) in [6.45, 7) is 2.36. The number of fused-ring (bicyclic) bond motifs is 1. The van der Waals surface area contributed by atoms with Gasteiger partial charge in [-0.2, -0.15) is 5.26 Å². The second-order valence-electron chi connectivity index (χ2n) is 8.89. The standard InChI is InChI=1S/C24H27ClN4O3S/c1-28(2)12-23(31)29-8-7-18-16(11-29)13-32-21(18)9-22(30)27-24-19(10-26)20(14-33-24)15-3-5-17(25)6-4-15/h3-6,14,16,18,21H,7-9,11-13H2,1-2H3,(H,27,30)/t16-,18+,21-/m0/s1. The Morgan fingerprint density at radius 2 is 2.09 bits per heavy atom. The SMILES string of the molecule is CN(C)CC(=O)N1CC[C@@H]2[C@H](CO[C@H]2CC(=O)Nc2scc(-c3ccc(Cl)cc3)c2C#N)C1. The summed E-state index contributed by atoms with van der Waals surface area (Å²) in [7, 11) is 3.78. The van der Waals surface area contributed by atoms with E-state index in [-0.39, 0.29) is 36.2 Å². The molecule has 174 valence electrons. The van der Waals surface area contributed by atoms with Gasteiger partial charge in [-0.1, -0.05) is 23.7 Å². The van der Waals surface area contributed by atoms with Crippen molar-refractivity contribution in [2.24, 2.45) is 11.8 Å². The number of hydrogen-bond donors (Lipinski definition) is 1. The maximum Gasteiger partial charge on any atom is 0.236 e. The lowest BCUT2D eigenvalue weighted by Crippen LogP contribution is -2.47. The van der Waals surface area contributed by atoms with E-state index in [2.05, 4.69) is 11.4 Å². The fourth-order valence-corrected chi connectivity index (χ4v) is 5.72. The molecular weight excluding hydrogens is 460 g/mol. The Labute approximate surface area is 202 Å². The molecule has 2 saturated heterocycles. The normalized spacial score (nSPS) is 22.2. The van der Waals surface area contributed by atoms with Crippen molar-refractivity contribution in [1.82, 2.24) is 9.80 Å². The van der Waals surface area contributed by atoms with Gasteiger partial charge in [0.05, 0.1) is 31.2 Å². The van der Waals surface area contributed by atoms with Gasteiger partial charge in [-0.25, -0.2) is 0 Å². The molecule has 0 unspecified atom stereocenters. The third kappa shape index (κ3) is 5.39. The Kier molecular flexibility index (Phi) is 7.35. The predicted molar refractivity (Wildman–Crippen MR) is 129 cm³/mol. The van der Waals surface area contributed by atoms with Crippen LogP contribution in [0.1, 0.15) is 18.4 Å². The fraction of sp³-hybridized carbons (Fsp3) is 0.458. The average molecular weight is 487 g/mol. The summed E-state index contributed by atoms with van der Waals surface area (Å²) in [4.78, 5) is 29.0. The molecule has 3 heterocycles. The fourth-order valence-electron chi connectivity index (χ4n) is 4.66. The highest BCUT2D eigenvalue weighted by Crippen LogP contribution is 2.38. The van der Waals surface area contributed by atoms with Crippen LogP contribution in [0.4, 0.5) is 5.00 Å². The number of halogens is 1. The van der Waals surface area contributed by atoms with E-state index in [4.69, 9.17) is 16.3 Å². The maximum absolute atomic E-state index is 12.8. The highest BCUT2D eigenvalue weighted by molar-refractivity contribution is 7.15. The van der Waals surface area contributed by atoms with Gasteiger partial charge in [-0.15, -0.1) is 11.3 Å². The van der Waals surface area contributed by atoms with Gasteiger partial charge in [-0.05, 0) is 44.1 Å². The number of thiophene rings is 1. The Bertz CT molecular complexity index is 1060. The van der Waals surface area contributed by atoms with Crippen LogP contribution in [0.15, 0.2) is 29.6 Å².